The van der Waals surface area contributed by atoms with E-state index in [4.69, 9.17) is 10.5 Å². The topological polar surface area (TPSA) is 100 Å². The summed E-state index contributed by atoms with van der Waals surface area (Å²) in [5, 5.41) is 6.62. The van der Waals surface area contributed by atoms with E-state index in [9.17, 15) is 9.18 Å². The van der Waals surface area contributed by atoms with E-state index in [0.717, 1.165) is 32.1 Å². The third-order valence-corrected chi connectivity index (χ3v) is 6.81. The number of alkyl halides is 1. The normalized spacial score (nSPS) is 49.0. The largest absolute Gasteiger partial charge is 0.352 e. The van der Waals surface area contributed by atoms with Gasteiger partial charge in [-0.1, -0.05) is 13.3 Å². The van der Waals surface area contributed by atoms with Crippen LogP contribution in [0.5, 0.6) is 0 Å². The summed E-state index contributed by atoms with van der Waals surface area (Å²) in [7, 11) is 0. The van der Waals surface area contributed by atoms with Crippen LogP contribution in [0.1, 0.15) is 51.9 Å². The number of hydrogen-bond acceptors (Lipinski definition) is 6. The van der Waals surface area contributed by atoms with Crippen LogP contribution >= 0.6 is 0 Å². The van der Waals surface area contributed by atoms with Crippen molar-refractivity contribution < 1.29 is 13.9 Å². The van der Waals surface area contributed by atoms with E-state index in [1.807, 2.05) is 0 Å². The molecule has 1 amide bonds. The molecule has 2 aliphatic heterocycles. The number of ether oxygens (including phenoxy) is 1. The Balaban J connectivity index is 1.30. The Morgan fingerprint density at radius 2 is 2.04 bits per heavy atom. The van der Waals surface area contributed by atoms with Gasteiger partial charge in [0.15, 0.2) is 6.35 Å². The lowest BCUT2D eigenvalue weighted by molar-refractivity contribution is -0.124. The molecule has 26 heavy (non-hydrogen) atoms. The minimum atomic E-state index is -0.775. The highest BCUT2D eigenvalue weighted by atomic mass is 19.1. The third kappa shape index (κ3) is 3.75. The number of amides is 1. The molecular weight excluding hydrogens is 337 g/mol. The predicted octanol–water partition coefficient (Wildman–Crippen LogP) is 0.469. The number of fused-ring (bicyclic) bond motifs is 1. The summed E-state index contributed by atoms with van der Waals surface area (Å²) in [6.45, 7) is 2.16. The fourth-order valence-corrected chi connectivity index (χ4v) is 5.35. The summed E-state index contributed by atoms with van der Waals surface area (Å²) in [4.78, 5) is 12.8. The van der Waals surface area contributed by atoms with Gasteiger partial charge in [0, 0.05) is 23.9 Å². The molecule has 0 radical (unpaired) electrons. The summed E-state index contributed by atoms with van der Waals surface area (Å²) in [5.74, 6) is 0.771. The molecule has 0 aromatic rings. The lowest BCUT2D eigenvalue weighted by Gasteiger charge is -2.33. The van der Waals surface area contributed by atoms with Gasteiger partial charge in [0.2, 0.25) is 5.91 Å². The number of rotatable bonds is 3. The zero-order chi connectivity index (χ0) is 18.3. The van der Waals surface area contributed by atoms with Crippen molar-refractivity contribution >= 4 is 5.91 Å². The molecule has 2 aliphatic carbocycles. The van der Waals surface area contributed by atoms with Gasteiger partial charge in [-0.2, -0.15) is 0 Å². The SMILES string of the molecule is CC1CCC(F)C2CC(C(=O)NC3CCCC(C4NNC(N)O4)C3)NC12. The summed E-state index contributed by atoms with van der Waals surface area (Å²) in [5.41, 5.74) is 11.7. The van der Waals surface area contributed by atoms with Crippen molar-refractivity contribution in [1.82, 2.24) is 21.5 Å². The second-order valence-electron chi connectivity index (χ2n) is 8.61. The monoisotopic (exact) mass is 369 g/mol. The van der Waals surface area contributed by atoms with E-state index in [2.05, 4.69) is 28.4 Å². The van der Waals surface area contributed by atoms with E-state index in [0.29, 0.717) is 24.7 Å². The van der Waals surface area contributed by atoms with Gasteiger partial charge in [-0.05, 0) is 44.4 Å². The van der Waals surface area contributed by atoms with Crippen LogP contribution in [0.3, 0.4) is 0 Å². The van der Waals surface area contributed by atoms with E-state index in [1.165, 1.54) is 0 Å². The standard InChI is InChI=1S/C18H32FN5O2/c1-9-5-6-13(19)12-8-14(22-15(9)12)16(25)21-11-4-2-3-10(7-11)17-23-24-18(20)26-17/h9-15,17-18,22-24H,2-8,20H2,1H3,(H,21,25). The highest BCUT2D eigenvalue weighted by Gasteiger charge is 2.46. The molecule has 8 heteroatoms. The molecule has 7 nitrogen and oxygen atoms in total. The lowest BCUT2D eigenvalue weighted by atomic mass is 9.77. The Bertz CT molecular complexity index is 506. The molecular formula is C18H32FN5O2. The first-order chi connectivity index (χ1) is 12.5. The molecule has 6 N–H and O–H groups in total. The second-order valence-corrected chi connectivity index (χ2v) is 8.61. The van der Waals surface area contributed by atoms with Crippen LogP contribution in [-0.4, -0.2) is 42.8 Å². The number of hydrogen-bond donors (Lipinski definition) is 5. The van der Waals surface area contributed by atoms with E-state index >= 15 is 0 Å². The van der Waals surface area contributed by atoms with E-state index in [1.54, 1.807) is 0 Å². The first kappa shape index (κ1) is 18.6. The lowest BCUT2D eigenvalue weighted by Crippen LogP contribution is -2.50. The zero-order valence-corrected chi connectivity index (χ0v) is 15.4. The van der Waals surface area contributed by atoms with Gasteiger partial charge >= 0.3 is 0 Å². The molecule has 0 bridgehead atoms. The average molecular weight is 369 g/mol. The second kappa shape index (κ2) is 7.67. The fourth-order valence-electron chi connectivity index (χ4n) is 5.35. The van der Waals surface area contributed by atoms with E-state index < -0.39 is 12.5 Å². The van der Waals surface area contributed by atoms with Crippen molar-refractivity contribution in [3.05, 3.63) is 0 Å². The van der Waals surface area contributed by atoms with Crippen LogP contribution in [0.4, 0.5) is 4.39 Å². The molecule has 0 aromatic heterocycles. The van der Waals surface area contributed by atoms with Gasteiger partial charge < -0.3 is 15.4 Å². The Kier molecular flexibility index (Phi) is 5.48. The van der Waals surface area contributed by atoms with Gasteiger partial charge in [-0.3, -0.25) is 10.5 Å². The van der Waals surface area contributed by atoms with Crippen LogP contribution < -0.4 is 27.2 Å². The maximum Gasteiger partial charge on any atom is 0.237 e. The average Bonchev–Trinajstić information content (AvgIpc) is 3.26. The molecule has 9 unspecified atom stereocenters. The molecule has 2 saturated carbocycles. The van der Waals surface area contributed by atoms with E-state index in [-0.39, 0.29) is 36.2 Å². The van der Waals surface area contributed by atoms with Gasteiger partial charge in [0.25, 0.3) is 0 Å². The van der Waals surface area contributed by atoms with Crippen molar-refractivity contribution in [2.45, 2.75) is 88.7 Å². The highest BCUT2D eigenvalue weighted by molar-refractivity contribution is 5.82. The summed E-state index contributed by atoms with van der Waals surface area (Å²) >= 11 is 0. The molecule has 0 aromatic carbocycles. The molecule has 2 heterocycles. The zero-order valence-electron chi connectivity index (χ0n) is 15.4. The molecule has 4 rings (SSSR count). The number of hydrazine groups is 1. The molecule has 2 saturated heterocycles. The predicted molar refractivity (Wildman–Crippen MR) is 95.1 cm³/mol. The molecule has 148 valence electrons. The van der Waals surface area contributed by atoms with Gasteiger partial charge in [-0.25, -0.2) is 15.2 Å². The van der Waals surface area contributed by atoms with Crippen molar-refractivity contribution in [3.8, 4) is 0 Å². The van der Waals surface area contributed by atoms with Crippen LogP contribution in [0.15, 0.2) is 0 Å². The Morgan fingerprint density at radius 1 is 1.19 bits per heavy atom. The fraction of sp³-hybridized carbons (Fsp3) is 0.944. The number of carbonyl (C=O) groups excluding carboxylic acids is 1. The Hall–Kier alpha value is -0.800. The summed E-state index contributed by atoms with van der Waals surface area (Å²) in [6, 6.07) is 0.0175. The molecule has 0 spiro atoms. The number of halogens is 1. The van der Waals surface area contributed by atoms with Crippen LogP contribution in [0.2, 0.25) is 0 Å². The Labute approximate surface area is 154 Å². The Morgan fingerprint density at radius 3 is 2.77 bits per heavy atom. The van der Waals surface area contributed by atoms with Crippen LogP contribution in [0, 0.1) is 17.8 Å². The summed E-state index contributed by atoms with van der Waals surface area (Å²) < 4.78 is 19.9. The minimum Gasteiger partial charge on any atom is -0.352 e. The van der Waals surface area contributed by atoms with Crippen LogP contribution in [0.25, 0.3) is 0 Å². The first-order valence-corrected chi connectivity index (χ1v) is 10.1. The third-order valence-electron chi connectivity index (χ3n) is 6.81. The molecule has 4 fully saturated rings. The number of carbonyl (C=O) groups is 1. The number of nitrogens with one attached hydrogen (secondary N) is 4. The quantitative estimate of drug-likeness (QED) is 0.496. The van der Waals surface area contributed by atoms with Gasteiger partial charge in [0.1, 0.15) is 12.4 Å². The molecule has 4 aliphatic rings. The van der Waals surface area contributed by atoms with Crippen molar-refractivity contribution in [2.24, 2.45) is 23.5 Å². The maximum atomic E-state index is 14.3. The van der Waals surface area contributed by atoms with Crippen LogP contribution in [-0.2, 0) is 9.53 Å². The number of nitrogens with two attached hydrogens (primary N) is 1. The maximum absolute atomic E-state index is 14.3. The smallest absolute Gasteiger partial charge is 0.237 e. The van der Waals surface area contributed by atoms with Gasteiger partial charge in [-0.15, -0.1) is 0 Å². The van der Waals surface area contributed by atoms with Crippen molar-refractivity contribution in [3.63, 3.8) is 0 Å². The van der Waals surface area contributed by atoms with Crippen molar-refractivity contribution in [1.29, 1.82) is 0 Å². The summed E-state index contributed by atoms with van der Waals surface area (Å²) in [6.07, 6.45) is 4.76. The van der Waals surface area contributed by atoms with Gasteiger partial charge in [0.05, 0.1) is 6.04 Å². The highest BCUT2D eigenvalue weighted by Crippen LogP contribution is 2.38. The first-order valence-electron chi connectivity index (χ1n) is 10.1. The minimum absolute atomic E-state index is 0.0164. The molecule has 9 atom stereocenters. The van der Waals surface area contributed by atoms with Crippen molar-refractivity contribution in [2.75, 3.05) is 0 Å².